The maximum atomic E-state index is 12.3. The summed E-state index contributed by atoms with van der Waals surface area (Å²) in [6, 6.07) is 1.06. The molecular formula is C12H18ClN3O3S. The molecule has 1 fully saturated rings. The molecule has 1 saturated heterocycles. The number of hydrogen-bond donors (Lipinski definition) is 2. The smallest absolute Gasteiger partial charge is 0.266 e. The number of nitrogens with one attached hydrogen (secondary N) is 2. The van der Waals surface area contributed by atoms with Crippen molar-refractivity contribution in [1.29, 1.82) is 0 Å². The summed E-state index contributed by atoms with van der Waals surface area (Å²) in [5, 5.41) is -0.135. The van der Waals surface area contributed by atoms with Crippen molar-refractivity contribution in [1.82, 2.24) is 14.6 Å². The first-order valence-corrected chi connectivity index (χ1v) is 8.25. The highest BCUT2D eigenvalue weighted by molar-refractivity contribution is 7.89. The summed E-state index contributed by atoms with van der Waals surface area (Å²) in [4.78, 5) is 15.6. The van der Waals surface area contributed by atoms with E-state index in [9.17, 15) is 13.2 Å². The Labute approximate surface area is 123 Å². The Morgan fingerprint density at radius 1 is 1.50 bits per heavy atom. The molecule has 0 radical (unpaired) electrons. The molecule has 2 N–H and O–H groups in total. The highest BCUT2D eigenvalue weighted by Gasteiger charge is 2.28. The Kier molecular flexibility index (Phi) is 4.53. The summed E-state index contributed by atoms with van der Waals surface area (Å²) in [5.41, 5.74) is -0.502. The second-order valence-corrected chi connectivity index (χ2v) is 7.39. The Balaban J connectivity index is 2.18. The van der Waals surface area contributed by atoms with Gasteiger partial charge in [0.25, 0.3) is 5.56 Å². The quantitative estimate of drug-likeness (QED) is 0.857. The van der Waals surface area contributed by atoms with Crippen LogP contribution in [0.1, 0.15) is 13.3 Å². The normalized spacial score (nSPS) is 24.8. The largest absolute Gasteiger partial charge is 0.326 e. The lowest BCUT2D eigenvalue weighted by atomic mass is 9.95. The molecular weight excluding hydrogens is 302 g/mol. The molecule has 0 amide bonds. The van der Waals surface area contributed by atoms with Gasteiger partial charge in [-0.2, -0.15) is 0 Å². The summed E-state index contributed by atoms with van der Waals surface area (Å²) in [6.45, 7) is 3.71. The van der Waals surface area contributed by atoms with Gasteiger partial charge in [-0.25, -0.2) is 13.1 Å². The van der Waals surface area contributed by atoms with Crippen LogP contribution in [0.3, 0.4) is 0 Å². The maximum Gasteiger partial charge on any atom is 0.266 e. The van der Waals surface area contributed by atoms with Gasteiger partial charge in [0.15, 0.2) is 0 Å². The number of piperidine rings is 1. The molecule has 1 aromatic heterocycles. The Hall–Kier alpha value is -0.890. The Bertz CT molecular complexity index is 644. The van der Waals surface area contributed by atoms with Gasteiger partial charge in [0.05, 0.1) is 4.90 Å². The molecule has 6 nitrogen and oxygen atoms in total. The lowest BCUT2D eigenvalue weighted by Gasteiger charge is -2.34. The number of pyridine rings is 1. The molecule has 8 heteroatoms. The minimum atomic E-state index is -3.67. The molecule has 0 aliphatic carbocycles. The SMILES string of the molecule is CC1CN(C)CCC1NS(=O)(=O)c1c[nH]c(=O)c(Cl)c1. The van der Waals surface area contributed by atoms with Crippen LogP contribution in [0, 0.1) is 5.92 Å². The van der Waals surface area contributed by atoms with Crippen LogP contribution in [0.15, 0.2) is 22.0 Å². The van der Waals surface area contributed by atoms with E-state index in [-0.39, 0.29) is 21.9 Å². The first kappa shape index (κ1) is 15.5. The average Bonchev–Trinajstić information content (AvgIpc) is 2.36. The Morgan fingerprint density at radius 2 is 2.20 bits per heavy atom. The van der Waals surface area contributed by atoms with Crippen molar-refractivity contribution in [3.63, 3.8) is 0 Å². The number of likely N-dealkylation sites (tertiary alicyclic amines) is 1. The fourth-order valence-corrected chi connectivity index (χ4v) is 4.00. The molecule has 2 unspecified atom stereocenters. The second-order valence-electron chi connectivity index (χ2n) is 5.27. The van der Waals surface area contributed by atoms with Crippen LogP contribution in [0.4, 0.5) is 0 Å². The fraction of sp³-hybridized carbons (Fsp3) is 0.583. The topological polar surface area (TPSA) is 82.3 Å². The second kappa shape index (κ2) is 5.85. The van der Waals surface area contributed by atoms with Crippen molar-refractivity contribution in [3.05, 3.63) is 27.6 Å². The molecule has 0 spiro atoms. The first-order chi connectivity index (χ1) is 9.29. The van der Waals surface area contributed by atoms with Crippen LogP contribution < -0.4 is 10.3 Å². The van der Waals surface area contributed by atoms with Gasteiger partial charge in [0, 0.05) is 18.8 Å². The molecule has 20 heavy (non-hydrogen) atoms. The van der Waals surface area contributed by atoms with E-state index in [0.717, 1.165) is 25.7 Å². The molecule has 112 valence electrons. The van der Waals surface area contributed by atoms with Gasteiger partial charge >= 0.3 is 0 Å². The van der Waals surface area contributed by atoms with Crippen molar-refractivity contribution in [2.24, 2.45) is 5.92 Å². The zero-order chi connectivity index (χ0) is 14.9. The number of aromatic amines is 1. The molecule has 0 saturated carbocycles. The van der Waals surface area contributed by atoms with Crippen molar-refractivity contribution >= 4 is 21.6 Å². The lowest BCUT2D eigenvalue weighted by molar-refractivity contribution is 0.188. The van der Waals surface area contributed by atoms with Gasteiger partial charge < -0.3 is 9.88 Å². The minimum Gasteiger partial charge on any atom is -0.326 e. The van der Waals surface area contributed by atoms with E-state index >= 15 is 0 Å². The van der Waals surface area contributed by atoms with Crippen LogP contribution in [0.25, 0.3) is 0 Å². The van der Waals surface area contributed by atoms with Crippen molar-refractivity contribution in [3.8, 4) is 0 Å². The summed E-state index contributed by atoms with van der Waals surface area (Å²) >= 11 is 5.67. The van der Waals surface area contributed by atoms with E-state index in [4.69, 9.17) is 11.6 Å². The van der Waals surface area contributed by atoms with E-state index in [2.05, 4.69) is 14.6 Å². The van der Waals surface area contributed by atoms with Crippen molar-refractivity contribution in [2.45, 2.75) is 24.3 Å². The molecule has 1 aliphatic heterocycles. The summed E-state index contributed by atoms with van der Waals surface area (Å²) < 4.78 is 27.3. The van der Waals surface area contributed by atoms with E-state index < -0.39 is 15.6 Å². The number of rotatable bonds is 3. The van der Waals surface area contributed by atoms with E-state index in [1.54, 1.807) is 0 Å². The van der Waals surface area contributed by atoms with Crippen LogP contribution in [-0.4, -0.2) is 44.5 Å². The third kappa shape index (κ3) is 3.41. The number of hydrogen-bond acceptors (Lipinski definition) is 4. The van der Waals surface area contributed by atoms with Gasteiger partial charge in [0.2, 0.25) is 10.0 Å². The van der Waals surface area contributed by atoms with E-state index in [0.29, 0.717) is 0 Å². The van der Waals surface area contributed by atoms with Gasteiger partial charge in [-0.3, -0.25) is 4.79 Å². The summed E-state index contributed by atoms with van der Waals surface area (Å²) in [6.07, 6.45) is 1.92. The predicted octanol–water partition coefficient (Wildman–Crippen LogP) is 0.647. The van der Waals surface area contributed by atoms with Crippen molar-refractivity contribution < 1.29 is 8.42 Å². The zero-order valence-electron chi connectivity index (χ0n) is 11.4. The van der Waals surface area contributed by atoms with Gasteiger partial charge in [-0.1, -0.05) is 18.5 Å². The number of nitrogens with zero attached hydrogens (tertiary/aromatic N) is 1. The van der Waals surface area contributed by atoms with Crippen LogP contribution in [0.2, 0.25) is 5.02 Å². The molecule has 1 aliphatic rings. The van der Waals surface area contributed by atoms with Crippen molar-refractivity contribution in [2.75, 3.05) is 20.1 Å². The van der Waals surface area contributed by atoms with E-state index in [1.165, 1.54) is 6.07 Å². The predicted molar refractivity (Wildman–Crippen MR) is 77.5 cm³/mol. The van der Waals surface area contributed by atoms with Crippen LogP contribution >= 0.6 is 11.6 Å². The van der Waals surface area contributed by atoms with Crippen LogP contribution in [0.5, 0.6) is 0 Å². The Morgan fingerprint density at radius 3 is 2.80 bits per heavy atom. The number of sulfonamides is 1. The lowest BCUT2D eigenvalue weighted by Crippen LogP contribution is -2.48. The summed E-state index contributed by atoms with van der Waals surface area (Å²) in [7, 11) is -1.66. The highest BCUT2D eigenvalue weighted by atomic mass is 35.5. The number of H-pyrrole nitrogens is 1. The molecule has 2 heterocycles. The summed E-state index contributed by atoms with van der Waals surface area (Å²) in [5.74, 6) is 0.224. The zero-order valence-corrected chi connectivity index (χ0v) is 13.0. The molecule has 2 atom stereocenters. The third-order valence-corrected chi connectivity index (χ3v) is 5.31. The molecule has 1 aromatic rings. The molecule has 0 aromatic carbocycles. The third-order valence-electron chi connectivity index (χ3n) is 3.56. The van der Waals surface area contributed by atoms with Gasteiger partial charge in [-0.05, 0) is 32.0 Å². The fourth-order valence-electron chi connectivity index (χ4n) is 2.39. The monoisotopic (exact) mass is 319 g/mol. The number of aromatic nitrogens is 1. The minimum absolute atomic E-state index is 0.0202. The first-order valence-electron chi connectivity index (χ1n) is 6.38. The van der Waals surface area contributed by atoms with E-state index in [1.807, 2.05) is 14.0 Å². The van der Waals surface area contributed by atoms with Gasteiger partial charge in [-0.15, -0.1) is 0 Å². The molecule has 2 rings (SSSR count). The standard InChI is InChI=1S/C12H18ClN3O3S/c1-8-7-16(2)4-3-11(8)15-20(18,19)9-5-10(13)12(17)14-6-9/h5-6,8,11,15H,3-4,7H2,1-2H3,(H,14,17). The maximum absolute atomic E-state index is 12.3. The van der Waals surface area contributed by atoms with Crippen LogP contribution in [-0.2, 0) is 10.0 Å². The van der Waals surface area contributed by atoms with Gasteiger partial charge in [0.1, 0.15) is 5.02 Å². The average molecular weight is 320 g/mol. The highest BCUT2D eigenvalue weighted by Crippen LogP contribution is 2.18. The number of halogens is 1. The molecule has 0 bridgehead atoms.